The predicted octanol–water partition coefficient (Wildman–Crippen LogP) is 8.35. The van der Waals surface area contributed by atoms with Gasteiger partial charge in [0, 0.05) is 6.42 Å². The van der Waals surface area contributed by atoms with Crippen LogP contribution in [0.3, 0.4) is 0 Å². The quantitative estimate of drug-likeness (QED) is 0.116. The molecule has 0 amide bonds. The van der Waals surface area contributed by atoms with E-state index >= 15 is 0 Å². The Kier molecular flexibility index (Phi) is 10.2. The summed E-state index contributed by atoms with van der Waals surface area (Å²) in [6, 6.07) is 13.9. The fraction of sp³-hybridized carbons (Fsp3) is 0.552. The highest BCUT2D eigenvalue weighted by Crippen LogP contribution is 2.41. The number of epoxide rings is 1. The Labute approximate surface area is 207 Å². The number of aryl methyl sites for hydroxylation is 3. The summed E-state index contributed by atoms with van der Waals surface area (Å²) in [6.07, 6.45) is 3.79. The molecule has 1 aliphatic heterocycles. The van der Waals surface area contributed by atoms with Crippen molar-refractivity contribution < 1.29 is 27.4 Å². The molecule has 2 unspecified atom stereocenters. The third-order valence-electron chi connectivity index (χ3n) is 6.53. The van der Waals surface area contributed by atoms with Crippen LogP contribution in [0.2, 0.25) is 0 Å². The number of carbonyl (C=O) groups is 1. The number of esters is 1. The first-order chi connectivity index (χ1) is 16.7. The molecule has 2 atom stereocenters. The van der Waals surface area contributed by atoms with Crippen molar-refractivity contribution >= 4 is 5.97 Å². The molecule has 3 nitrogen and oxygen atoms in total. The maximum Gasteiger partial charge on any atom is 0.389 e. The van der Waals surface area contributed by atoms with Gasteiger partial charge in [0.2, 0.25) is 0 Å². The molecule has 0 spiro atoms. The Bertz CT molecular complexity index is 954. The Balaban J connectivity index is 1.33. The molecule has 0 saturated carbocycles. The first-order valence-electron chi connectivity index (χ1n) is 12.8. The van der Waals surface area contributed by atoms with Gasteiger partial charge in [-0.25, -0.2) is 4.79 Å². The largest absolute Gasteiger partial charge is 0.424 e. The van der Waals surface area contributed by atoms with Crippen molar-refractivity contribution in [1.29, 1.82) is 0 Å². The number of hydrogen-bond donors (Lipinski definition) is 0. The number of carbonyl (C=O) groups excluding carboxylic acids is 1. The number of alkyl halides is 3. The Morgan fingerprint density at radius 2 is 1.51 bits per heavy atom. The lowest BCUT2D eigenvalue weighted by Crippen LogP contribution is -2.16. The zero-order chi connectivity index (χ0) is 25.3. The molecule has 0 radical (unpaired) electrons. The molecule has 1 fully saturated rings. The van der Waals surface area contributed by atoms with Crippen molar-refractivity contribution in [3.05, 3.63) is 64.7 Å². The second-order valence-corrected chi connectivity index (χ2v) is 9.66. The van der Waals surface area contributed by atoms with Crippen LogP contribution in [0.25, 0.3) is 0 Å². The van der Waals surface area contributed by atoms with Crippen LogP contribution >= 0.6 is 0 Å². The Morgan fingerprint density at radius 3 is 2.17 bits per heavy atom. The summed E-state index contributed by atoms with van der Waals surface area (Å²) in [5.41, 5.74) is 4.33. The number of rotatable bonds is 14. The average molecular weight is 491 g/mol. The van der Waals surface area contributed by atoms with Crippen LogP contribution in [-0.4, -0.2) is 18.2 Å². The number of benzene rings is 2. The Morgan fingerprint density at radius 1 is 0.886 bits per heavy atom. The number of unbranched alkanes of at least 4 members (excludes halogenated alkanes) is 8. The standard InChI is InChI=1S/C29H37F3O3/c1-21-17-18-25(22(2)20-21)34-28(33)27-26(35-27)24-16-12-11-15-23(24)14-10-8-6-4-3-5-7-9-13-19-29(30,31)32/h11-12,15-18,20,26-27H,3-10,13-14,19H2,1-2H3. The predicted molar refractivity (Wildman–Crippen MR) is 132 cm³/mol. The molecular weight excluding hydrogens is 453 g/mol. The molecule has 0 aliphatic carbocycles. The number of ether oxygens (including phenoxy) is 2. The van der Waals surface area contributed by atoms with Crippen LogP contribution in [0.4, 0.5) is 13.2 Å². The fourth-order valence-electron chi connectivity index (χ4n) is 4.53. The normalized spacial score (nSPS) is 17.4. The number of hydrogen-bond acceptors (Lipinski definition) is 3. The average Bonchev–Trinajstić information content (AvgIpc) is 3.60. The lowest BCUT2D eigenvalue weighted by Gasteiger charge is -2.09. The zero-order valence-corrected chi connectivity index (χ0v) is 20.8. The molecule has 6 heteroatoms. The fourth-order valence-corrected chi connectivity index (χ4v) is 4.53. The van der Waals surface area contributed by atoms with Gasteiger partial charge < -0.3 is 9.47 Å². The van der Waals surface area contributed by atoms with Gasteiger partial charge in [-0.3, -0.25) is 0 Å². The molecule has 1 saturated heterocycles. The Hall–Kier alpha value is -2.34. The highest BCUT2D eigenvalue weighted by atomic mass is 19.4. The minimum Gasteiger partial charge on any atom is -0.424 e. The third-order valence-corrected chi connectivity index (χ3v) is 6.53. The molecule has 0 bridgehead atoms. The maximum absolute atomic E-state index is 12.6. The summed E-state index contributed by atoms with van der Waals surface area (Å²) in [6.45, 7) is 3.93. The third kappa shape index (κ3) is 9.32. The first kappa shape index (κ1) is 27.3. The summed E-state index contributed by atoms with van der Waals surface area (Å²) < 4.78 is 47.7. The van der Waals surface area contributed by atoms with Crippen molar-refractivity contribution in [2.45, 2.75) is 103 Å². The first-order valence-corrected chi connectivity index (χ1v) is 12.8. The van der Waals surface area contributed by atoms with Crippen molar-refractivity contribution in [3.63, 3.8) is 0 Å². The van der Waals surface area contributed by atoms with Gasteiger partial charge in [0.1, 0.15) is 11.9 Å². The van der Waals surface area contributed by atoms with E-state index in [-0.39, 0.29) is 18.5 Å². The highest BCUT2D eigenvalue weighted by molar-refractivity contribution is 5.81. The van der Waals surface area contributed by atoms with Gasteiger partial charge in [-0.15, -0.1) is 0 Å². The van der Waals surface area contributed by atoms with E-state index < -0.39 is 18.7 Å². The second kappa shape index (κ2) is 13.1. The molecule has 1 aliphatic rings. The SMILES string of the molecule is Cc1ccc(OC(=O)C2OC2c2ccccc2CCCCCCCCCCCC(F)(F)F)c(C)c1. The van der Waals surface area contributed by atoms with E-state index in [9.17, 15) is 18.0 Å². The van der Waals surface area contributed by atoms with E-state index in [1.165, 1.54) is 5.56 Å². The van der Waals surface area contributed by atoms with E-state index in [1.54, 1.807) is 0 Å². The van der Waals surface area contributed by atoms with Gasteiger partial charge in [0.05, 0.1) is 0 Å². The summed E-state index contributed by atoms with van der Waals surface area (Å²) in [5, 5.41) is 0. The topological polar surface area (TPSA) is 38.8 Å². The molecule has 2 aromatic rings. The van der Waals surface area contributed by atoms with Gasteiger partial charge in [-0.2, -0.15) is 13.2 Å². The molecular formula is C29H37F3O3. The monoisotopic (exact) mass is 490 g/mol. The van der Waals surface area contributed by atoms with E-state index in [4.69, 9.17) is 9.47 Å². The lowest BCUT2D eigenvalue weighted by atomic mass is 9.97. The van der Waals surface area contributed by atoms with Gasteiger partial charge in [-0.05, 0) is 55.9 Å². The molecule has 0 aromatic heterocycles. The molecule has 3 rings (SSSR count). The number of halogens is 3. The van der Waals surface area contributed by atoms with Crippen molar-refractivity contribution in [2.75, 3.05) is 0 Å². The summed E-state index contributed by atoms with van der Waals surface area (Å²) in [5.74, 6) is 0.222. The lowest BCUT2D eigenvalue weighted by molar-refractivity contribution is -0.136. The highest BCUT2D eigenvalue weighted by Gasteiger charge is 2.48. The molecule has 192 valence electrons. The smallest absolute Gasteiger partial charge is 0.389 e. The van der Waals surface area contributed by atoms with Crippen LogP contribution in [0.15, 0.2) is 42.5 Å². The summed E-state index contributed by atoms with van der Waals surface area (Å²) in [4.78, 5) is 12.6. The van der Waals surface area contributed by atoms with E-state index in [0.29, 0.717) is 12.2 Å². The van der Waals surface area contributed by atoms with E-state index in [2.05, 4.69) is 6.07 Å². The van der Waals surface area contributed by atoms with Crippen LogP contribution in [-0.2, 0) is 16.0 Å². The van der Waals surface area contributed by atoms with Crippen LogP contribution in [0.5, 0.6) is 5.75 Å². The van der Waals surface area contributed by atoms with Crippen LogP contribution in [0, 0.1) is 13.8 Å². The molecule has 35 heavy (non-hydrogen) atoms. The second-order valence-electron chi connectivity index (χ2n) is 9.66. The van der Waals surface area contributed by atoms with Crippen molar-refractivity contribution in [3.8, 4) is 5.75 Å². The minimum absolute atomic E-state index is 0.248. The van der Waals surface area contributed by atoms with Gasteiger partial charge in [0.15, 0.2) is 6.10 Å². The van der Waals surface area contributed by atoms with Gasteiger partial charge in [0.25, 0.3) is 0 Å². The van der Waals surface area contributed by atoms with Gasteiger partial charge >= 0.3 is 12.1 Å². The van der Waals surface area contributed by atoms with E-state index in [0.717, 1.165) is 68.1 Å². The minimum atomic E-state index is -4.02. The summed E-state index contributed by atoms with van der Waals surface area (Å²) in [7, 11) is 0. The van der Waals surface area contributed by atoms with Crippen molar-refractivity contribution in [2.24, 2.45) is 0 Å². The van der Waals surface area contributed by atoms with Crippen molar-refractivity contribution in [1.82, 2.24) is 0 Å². The molecule has 0 N–H and O–H groups in total. The summed E-state index contributed by atoms with van der Waals surface area (Å²) >= 11 is 0. The van der Waals surface area contributed by atoms with Gasteiger partial charge in [-0.1, -0.05) is 86.9 Å². The van der Waals surface area contributed by atoms with Crippen LogP contribution < -0.4 is 4.74 Å². The molecule has 1 heterocycles. The molecule has 2 aromatic carbocycles. The van der Waals surface area contributed by atoms with Crippen LogP contribution in [0.1, 0.15) is 92.6 Å². The van der Waals surface area contributed by atoms with E-state index in [1.807, 2.05) is 50.2 Å². The zero-order valence-electron chi connectivity index (χ0n) is 20.8. The maximum atomic E-state index is 12.6.